The summed E-state index contributed by atoms with van der Waals surface area (Å²) in [6, 6.07) is 8.06. The minimum atomic E-state index is -0.461. The van der Waals surface area contributed by atoms with Gasteiger partial charge in [0.25, 0.3) is 5.91 Å². The highest BCUT2D eigenvalue weighted by atomic mass is 35.5. The molecule has 0 bridgehead atoms. The molecule has 0 aliphatic carbocycles. The predicted molar refractivity (Wildman–Crippen MR) is 104 cm³/mol. The molecule has 0 spiro atoms. The minimum absolute atomic E-state index is 0.262. The van der Waals surface area contributed by atoms with Crippen LogP contribution in [0.4, 0.5) is 0 Å². The zero-order valence-corrected chi connectivity index (χ0v) is 16.4. The molecule has 27 heavy (non-hydrogen) atoms. The molecule has 0 saturated heterocycles. The van der Waals surface area contributed by atoms with E-state index in [0.717, 1.165) is 0 Å². The van der Waals surface area contributed by atoms with Crippen molar-refractivity contribution in [3.8, 4) is 23.0 Å². The fourth-order valence-corrected chi connectivity index (χ4v) is 2.56. The van der Waals surface area contributed by atoms with Gasteiger partial charge in [0, 0.05) is 16.7 Å². The van der Waals surface area contributed by atoms with E-state index in [-0.39, 0.29) is 6.61 Å². The lowest BCUT2D eigenvalue weighted by atomic mass is 10.2. The molecule has 0 aliphatic rings. The number of halogens is 2. The van der Waals surface area contributed by atoms with Crippen molar-refractivity contribution in [1.29, 1.82) is 0 Å². The summed E-state index contributed by atoms with van der Waals surface area (Å²) in [6.45, 7) is -0.262. The molecule has 2 aromatic carbocycles. The van der Waals surface area contributed by atoms with Gasteiger partial charge in [0.05, 0.1) is 32.6 Å². The molecule has 0 fully saturated rings. The number of hydrazone groups is 1. The van der Waals surface area contributed by atoms with Gasteiger partial charge in [0.2, 0.25) is 0 Å². The first-order valence-electron chi connectivity index (χ1n) is 7.68. The quantitative estimate of drug-likeness (QED) is 0.529. The number of methoxy groups -OCH3 is 3. The van der Waals surface area contributed by atoms with Crippen LogP contribution in [0.15, 0.2) is 35.4 Å². The van der Waals surface area contributed by atoms with Crippen LogP contribution in [0.2, 0.25) is 10.0 Å². The molecule has 0 radical (unpaired) electrons. The number of ether oxygens (including phenoxy) is 4. The Bertz CT molecular complexity index is 843. The third-order valence-electron chi connectivity index (χ3n) is 3.38. The van der Waals surface area contributed by atoms with Crippen molar-refractivity contribution < 1.29 is 23.7 Å². The smallest absolute Gasteiger partial charge is 0.277 e. The number of benzene rings is 2. The largest absolute Gasteiger partial charge is 0.496 e. The van der Waals surface area contributed by atoms with Crippen molar-refractivity contribution in [2.75, 3.05) is 27.9 Å². The Balaban J connectivity index is 1.99. The van der Waals surface area contributed by atoms with Gasteiger partial charge in [-0.05, 0) is 24.3 Å². The molecular weight excluding hydrogens is 395 g/mol. The van der Waals surface area contributed by atoms with Gasteiger partial charge in [-0.15, -0.1) is 0 Å². The van der Waals surface area contributed by atoms with E-state index in [1.807, 2.05) is 0 Å². The van der Waals surface area contributed by atoms with Gasteiger partial charge in [0.1, 0.15) is 11.5 Å². The van der Waals surface area contributed by atoms with Crippen LogP contribution < -0.4 is 24.4 Å². The van der Waals surface area contributed by atoms with Crippen LogP contribution >= 0.6 is 23.2 Å². The number of amides is 1. The molecule has 0 unspecified atom stereocenters. The predicted octanol–water partition coefficient (Wildman–Crippen LogP) is 3.55. The Morgan fingerprint density at radius 1 is 1.00 bits per heavy atom. The summed E-state index contributed by atoms with van der Waals surface area (Å²) in [5.74, 6) is 1.42. The van der Waals surface area contributed by atoms with Gasteiger partial charge in [-0.25, -0.2) is 5.43 Å². The SMILES string of the molecule is COc1cc(OC)c(OC)cc1C=NNC(=O)COc1ccc(Cl)cc1Cl. The number of nitrogens with one attached hydrogen (secondary N) is 1. The minimum Gasteiger partial charge on any atom is -0.496 e. The third-order valence-corrected chi connectivity index (χ3v) is 3.91. The topological polar surface area (TPSA) is 78.4 Å². The van der Waals surface area contributed by atoms with Crippen molar-refractivity contribution in [2.24, 2.45) is 5.10 Å². The molecule has 2 aromatic rings. The van der Waals surface area contributed by atoms with Crippen molar-refractivity contribution in [2.45, 2.75) is 0 Å². The van der Waals surface area contributed by atoms with Crippen molar-refractivity contribution in [1.82, 2.24) is 5.43 Å². The van der Waals surface area contributed by atoms with E-state index in [9.17, 15) is 4.79 Å². The van der Waals surface area contributed by atoms with Crippen LogP contribution in [-0.2, 0) is 4.79 Å². The summed E-state index contributed by atoms with van der Waals surface area (Å²) in [6.07, 6.45) is 1.42. The Kier molecular flexibility index (Phi) is 7.57. The van der Waals surface area contributed by atoms with E-state index in [1.54, 1.807) is 24.3 Å². The highest BCUT2D eigenvalue weighted by molar-refractivity contribution is 6.35. The van der Waals surface area contributed by atoms with Gasteiger partial charge in [-0.3, -0.25) is 4.79 Å². The first-order chi connectivity index (χ1) is 13.0. The van der Waals surface area contributed by atoms with Gasteiger partial charge >= 0.3 is 0 Å². The van der Waals surface area contributed by atoms with Crippen molar-refractivity contribution >= 4 is 35.3 Å². The highest BCUT2D eigenvalue weighted by Crippen LogP contribution is 2.33. The van der Waals surface area contributed by atoms with E-state index in [2.05, 4.69) is 10.5 Å². The fourth-order valence-electron chi connectivity index (χ4n) is 2.10. The lowest BCUT2D eigenvalue weighted by molar-refractivity contribution is -0.123. The zero-order valence-electron chi connectivity index (χ0n) is 14.9. The maximum atomic E-state index is 11.9. The first kappa shape index (κ1) is 20.7. The molecule has 1 amide bonds. The molecule has 1 N–H and O–H groups in total. The second-order valence-corrected chi connectivity index (χ2v) is 5.95. The number of hydrogen-bond donors (Lipinski definition) is 1. The fraction of sp³-hybridized carbons (Fsp3) is 0.222. The average Bonchev–Trinajstić information content (AvgIpc) is 2.66. The summed E-state index contributed by atoms with van der Waals surface area (Å²) in [5, 5.41) is 4.69. The molecule has 0 atom stereocenters. The van der Waals surface area contributed by atoms with Crippen LogP contribution in [0.25, 0.3) is 0 Å². The maximum Gasteiger partial charge on any atom is 0.277 e. The van der Waals surface area contributed by atoms with Gasteiger partial charge < -0.3 is 18.9 Å². The number of rotatable bonds is 8. The van der Waals surface area contributed by atoms with E-state index < -0.39 is 5.91 Å². The second-order valence-electron chi connectivity index (χ2n) is 5.11. The number of hydrogen-bond acceptors (Lipinski definition) is 6. The standard InChI is InChI=1S/C18H18Cl2N2O5/c1-24-15-8-17(26-3)16(25-2)6-11(15)9-21-22-18(23)10-27-14-5-4-12(19)7-13(14)20/h4-9H,10H2,1-3H3,(H,22,23). The number of nitrogens with zero attached hydrogens (tertiary/aromatic N) is 1. The van der Waals surface area contributed by atoms with Gasteiger partial charge in [-0.2, -0.15) is 5.10 Å². The molecule has 9 heteroatoms. The second kappa shape index (κ2) is 9.89. The summed E-state index contributed by atoms with van der Waals surface area (Å²) < 4.78 is 21.1. The van der Waals surface area contributed by atoms with Crippen LogP contribution in [0.1, 0.15) is 5.56 Å². The van der Waals surface area contributed by atoms with E-state index in [0.29, 0.717) is 38.6 Å². The highest BCUT2D eigenvalue weighted by Gasteiger charge is 2.11. The Morgan fingerprint density at radius 2 is 1.67 bits per heavy atom. The summed E-state index contributed by atoms with van der Waals surface area (Å²) >= 11 is 11.8. The Hall–Kier alpha value is -2.64. The molecule has 0 aromatic heterocycles. The molecule has 144 valence electrons. The lowest BCUT2D eigenvalue weighted by Crippen LogP contribution is -2.24. The van der Waals surface area contributed by atoms with Gasteiger partial charge in [-0.1, -0.05) is 23.2 Å². The van der Waals surface area contributed by atoms with Crippen LogP contribution in [0.3, 0.4) is 0 Å². The van der Waals surface area contributed by atoms with E-state index in [4.69, 9.17) is 42.1 Å². The first-order valence-corrected chi connectivity index (χ1v) is 8.43. The maximum absolute atomic E-state index is 11.9. The Morgan fingerprint density at radius 3 is 2.30 bits per heavy atom. The monoisotopic (exact) mass is 412 g/mol. The molecule has 0 heterocycles. The summed E-state index contributed by atoms with van der Waals surface area (Å²) in [4.78, 5) is 11.9. The normalized spacial score (nSPS) is 10.6. The third kappa shape index (κ3) is 5.67. The molecular formula is C18H18Cl2N2O5. The lowest BCUT2D eigenvalue weighted by Gasteiger charge is -2.11. The summed E-state index contributed by atoms with van der Waals surface area (Å²) in [7, 11) is 4.56. The van der Waals surface area contributed by atoms with Crippen LogP contribution in [0.5, 0.6) is 23.0 Å². The number of carbonyl (C=O) groups is 1. The zero-order chi connectivity index (χ0) is 19.8. The van der Waals surface area contributed by atoms with E-state index in [1.165, 1.54) is 33.6 Å². The molecule has 0 aliphatic heterocycles. The summed E-state index contributed by atoms with van der Waals surface area (Å²) in [5.41, 5.74) is 2.95. The van der Waals surface area contributed by atoms with Gasteiger partial charge in [0.15, 0.2) is 18.1 Å². The molecule has 7 nitrogen and oxygen atoms in total. The average molecular weight is 413 g/mol. The molecule has 0 saturated carbocycles. The Labute approximate surface area is 166 Å². The van der Waals surface area contributed by atoms with Crippen LogP contribution in [-0.4, -0.2) is 40.1 Å². The molecule has 2 rings (SSSR count). The van der Waals surface area contributed by atoms with Crippen molar-refractivity contribution in [3.05, 3.63) is 45.9 Å². The van der Waals surface area contributed by atoms with Crippen LogP contribution in [0, 0.1) is 0 Å². The number of carbonyl (C=O) groups excluding carboxylic acids is 1. The van der Waals surface area contributed by atoms with Crippen molar-refractivity contribution in [3.63, 3.8) is 0 Å². The van der Waals surface area contributed by atoms with E-state index >= 15 is 0 Å².